The van der Waals surface area contributed by atoms with Crippen LogP contribution in [0.3, 0.4) is 0 Å². The SMILES string of the molecule is CCOc1c(C(C)=O)ccc([C@@H](C)N(CCCC(F)(F)c2ccccc2)C(=O)NC2(C(=O)O)CC2)c1C. The number of halogens is 2. The number of carbonyl (C=O) groups is 3. The van der Waals surface area contributed by atoms with E-state index in [9.17, 15) is 28.3 Å². The van der Waals surface area contributed by atoms with Gasteiger partial charge in [-0.1, -0.05) is 36.4 Å². The quantitative estimate of drug-likeness (QED) is 0.345. The Morgan fingerprint density at radius 3 is 2.35 bits per heavy atom. The molecule has 1 saturated carbocycles. The summed E-state index contributed by atoms with van der Waals surface area (Å²) in [7, 11) is 0. The summed E-state index contributed by atoms with van der Waals surface area (Å²) in [6.45, 7) is 7.08. The number of nitrogens with one attached hydrogen (secondary N) is 1. The number of amides is 2. The third-order valence-corrected chi connectivity index (χ3v) is 6.89. The molecule has 1 aliphatic rings. The number of rotatable bonds is 12. The van der Waals surface area contributed by atoms with Gasteiger partial charge in [0.2, 0.25) is 0 Å². The first-order valence-electron chi connectivity index (χ1n) is 12.5. The van der Waals surface area contributed by atoms with E-state index in [0.29, 0.717) is 41.9 Å². The van der Waals surface area contributed by atoms with Crippen molar-refractivity contribution in [1.29, 1.82) is 0 Å². The van der Waals surface area contributed by atoms with E-state index in [0.717, 1.165) is 0 Å². The molecule has 0 saturated heterocycles. The zero-order valence-electron chi connectivity index (χ0n) is 21.6. The molecule has 0 aliphatic heterocycles. The molecule has 0 spiro atoms. The third-order valence-electron chi connectivity index (χ3n) is 6.89. The fourth-order valence-corrected chi connectivity index (χ4v) is 4.50. The number of urea groups is 1. The zero-order valence-corrected chi connectivity index (χ0v) is 21.6. The molecule has 0 heterocycles. The van der Waals surface area contributed by atoms with Gasteiger partial charge in [0.1, 0.15) is 11.3 Å². The number of ether oxygens (including phenoxy) is 1. The first-order valence-corrected chi connectivity index (χ1v) is 12.5. The van der Waals surface area contributed by atoms with Crippen LogP contribution < -0.4 is 10.1 Å². The standard InChI is InChI=1S/C28H34F2N2O5/c1-5-37-24-18(2)22(12-13-23(24)20(4)33)19(3)32(26(36)31-27(15-16-27)25(34)35)17-9-14-28(29,30)21-10-7-6-8-11-21/h6-8,10-13,19H,5,9,14-17H2,1-4H3,(H,31,36)(H,34,35)/t19-/m1/s1. The highest BCUT2D eigenvalue weighted by Crippen LogP contribution is 2.38. The zero-order chi connectivity index (χ0) is 27.4. The maximum absolute atomic E-state index is 14.8. The lowest BCUT2D eigenvalue weighted by molar-refractivity contribution is -0.140. The predicted octanol–water partition coefficient (Wildman–Crippen LogP) is 5.86. The van der Waals surface area contributed by atoms with Crippen molar-refractivity contribution >= 4 is 17.8 Å². The minimum atomic E-state index is -3.08. The number of carboxylic acids is 1. The molecule has 0 aromatic heterocycles. The Bertz CT molecular complexity index is 1150. The first kappa shape index (κ1) is 28.1. The molecule has 9 heteroatoms. The molecule has 3 rings (SSSR count). The molecule has 0 radical (unpaired) electrons. The van der Waals surface area contributed by atoms with Gasteiger partial charge in [-0.25, -0.2) is 18.4 Å². The van der Waals surface area contributed by atoms with Gasteiger partial charge in [-0.3, -0.25) is 4.79 Å². The van der Waals surface area contributed by atoms with Crippen LogP contribution in [0.4, 0.5) is 13.6 Å². The van der Waals surface area contributed by atoms with Crippen molar-refractivity contribution in [3.8, 4) is 5.75 Å². The number of hydrogen-bond acceptors (Lipinski definition) is 4. The summed E-state index contributed by atoms with van der Waals surface area (Å²) in [6, 6.07) is 9.62. The molecule has 2 aromatic carbocycles. The van der Waals surface area contributed by atoms with Gasteiger partial charge in [0.05, 0.1) is 18.2 Å². The Labute approximate surface area is 215 Å². The summed E-state index contributed by atoms with van der Waals surface area (Å²) in [5.41, 5.74) is 0.329. The van der Waals surface area contributed by atoms with Crippen LogP contribution in [0, 0.1) is 6.92 Å². The lowest BCUT2D eigenvalue weighted by Crippen LogP contribution is -2.50. The predicted molar refractivity (Wildman–Crippen MR) is 135 cm³/mol. The Morgan fingerprint density at radius 2 is 1.81 bits per heavy atom. The maximum atomic E-state index is 14.8. The molecular formula is C28H34F2N2O5. The smallest absolute Gasteiger partial charge is 0.329 e. The Kier molecular flexibility index (Phi) is 8.56. The number of aliphatic carboxylic acids is 1. The second-order valence-electron chi connectivity index (χ2n) is 9.51. The van der Waals surface area contributed by atoms with Gasteiger partial charge in [-0.2, -0.15) is 0 Å². The highest BCUT2D eigenvalue weighted by Gasteiger charge is 2.52. The largest absolute Gasteiger partial charge is 0.493 e. The number of benzene rings is 2. The van der Waals surface area contributed by atoms with Gasteiger partial charge in [0.25, 0.3) is 5.92 Å². The van der Waals surface area contributed by atoms with E-state index in [1.54, 1.807) is 51.1 Å². The van der Waals surface area contributed by atoms with Gasteiger partial charge >= 0.3 is 12.0 Å². The monoisotopic (exact) mass is 516 g/mol. The molecule has 1 atom stereocenters. The lowest BCUT2D eigenvalue weighted by atomic mass is 9.95. The number of ketones is 1. The summed E-state index contributed by atoms with van der Waals surface area (Å²) in [4.78, 5) is 38.5. The van der Waals surface area contributed by atoms with E-state index < -0.39 is 35.9 Å². The third kappa shape index (κ3) is 6.26. The number of carboxylic acid groups (broad SMARTS) is 1. The second-order valence-corrected chi connectivity index (χ2v) is 9.51. The van der Waals surface area contributed by atoms with Crippen molar-refractivity contribution in [3.63, 3.8) is 0 Å². The van der Waals surface area contributed by atoms with Crippen molar-refractivity contribution in [2.45, 2.75) is 70.9 Å². The van der Waals surface area contributed by atoms with Crippen molar-refractivity contribution in [3.05, 3.63) is 64.7 Å². The Balaban J connectivity index is 1.88. The molecule has 1 fully saturated rings. The molecule has 2 aromatic rings. The summed E-state index contributed by atoms with van der Waals surface area (Å²) in [5.74, 6) is -3.95. The van der Waals surface area contributed by atoms with Gasteiger partial charge in [0, 0.05) is 18.5 Å². The molecule has 200 valence electrons. The average molecular weight is 517 g/mol. The van der Waals surface area contributed by atoms with Crippen LogP contribution in [-0.4, -0.2) is 46.5 Å². The number of nitrogens with zero attached hydrogens (tertiary/aromatic N) is 1. The van der Waals surface area contributed by atoms with E-state index >= 15 is 0 Å². The van der Waals surface area contributed by atoms with E-state index in [-0.39, 0.29) is 24.3 Å². The van der Waals surface area contributed by atoms with Crippen molar-refractivity contribution < 1.29 is 33.0 Å². The normalized spacial score (nSPS) is 15.0. The molecule has 1 aliphatic carbocycles. The van der Waals surface area contributed by atoms with Crippen molar-refractivity contribution in [2.24, 2.45) is 0 Å². The van der Waals surface area contributed by atoms with Crippen LogP contribution in [0.5, 0.6) is 5.75 Å². The summed E-state index contributed by atoms with van der Waals surface area (Å²) >= 11 is 0. The van der Waals surface area contributed by atoms with Crippen molar-refractivity contribution in [1.82, 2.24) is 10.2 Å². The lowest BCUT2D eigenvalue weighted by Gasteiger charge is -2.33. The topological polar surface area (TPSA) is 95.9 Å². The van der Waals surface area contributed by atoms with Gasteiger partial charge in [0.15, 0.2) is 5.78 Å². The summed E-state index contributed by atoms with van der Waals surface area (Å²) in [5, 5.41) is 12.1. The van der Waals surface area contributed by atoms with Crippen LogP contribution in [0.2, 0.25) is 0 Å². The average Bonchev–Trinajstić information content (AvgIpc) is 3.64. The van der Waals surface area contributed by atoms with Crippen LogP contribution in [-0.2, 0) is 10.7 Å². The van der Waals surface area contributed by atoms with E-state index in [1.807, 2.05) is 0 Å². The Hall–Kier alpha value is -3.49. The maximum Gasteiger partial charge on any atom is 0.329 e. The molecule has 7 nitrogen and oxygen atoms in total. The highest BCUT2D eigenvalue weighted by molar-refractivity contribution is 5.97. The molecule has 2 N–H and O–H groups in total. The molecule has 0 unspecified atom stereocenters. The Morgan fingerprint density at radius 1 is 1.16 bits per heavy atom. The van der Waals surface area contributed by atoms with E-state index in [2.05, 4.69) is 5.32 Å². The summed E-state index contributed by atoms with van der Waals surface area (Å²) in [6.07, 6.45) is 0.124. The minimum absolute atomic E-state index is 0.0113. The van der Waals surface area contributed by atoms with Crippen LogP contribution in [0.15, 0.2) is 42.5 Å². The molecule has 2 amide bonds. The number of carbonyl (C=O) groups excluding carboxylic acids is 2. The summed E-state index contributed by atoms with van der Waals surface area (Å²) < 4.78 is 35.3. The molecular weight excluding hydrogens is 482 g/mol. The van der Waals surface area contributed by atoms with Gasteiger partial charge < -0.3 is 20.1 Å². The van der Waals surface area contributed by atoms with E-state index in [4.69, 9.17) is 4.74 Å². The first-order chi connectivity index (χ1) is 17.4. The van der Waals surface area contributed by atoms with Crippen LogP contribution in [0.25, 0.3) is 0 Å². The van der Waals surface area contributed by atoms with Gasteiger partial charge in [-0.05, 0) is 64.2 Å². The molecule has 0 bridgehead atoms. The minimum Gasteiger partial charge on any atom is -0.493 e. The number of alkyl halides is 2. The molecule has 37 heavy (non-hydrogen) atoms. The van der Waals surface area contributed by atoms with E-state index in [1.165, 1.54) is 24.0 Å². The second kappa shape index (κ2) is 11.3. The highest BCUT2D eigenvalue weighted by atomic mass is 19.3. The van der Waals surface area contributed by atoms with Crippen LogP contribution >= 0.6 is 0 Å². The number of hydrogen-bond donors (Lipinski definition) is 2. The fraction of sp³-hybridized carbons (Fsp3) is 0.464. The number of Topliss-reactive ketones (excluding diaryl/α,β-unsaturated/α-hetero) is 1. The van der Waals surface area contributed by atoms with Crippen molar-refractivity contribution in [2.75, 3.05) is 13.2 Å². The van der Waals surface area contributed by atoms with Crippen LogP contribution in [0.1, 0.15) is 79.5 Å². The van der Waals surface area contributed by atoms with Gasteiger partial charge in [-0.15, -0.1) is 0 Å². The fourth-order valence-electron chi connectivity index (χ4n) is 4.50.